The van der Waals surface area contributed by atoms with Crippen molar-refractivity contribution < 1.29 is 17.7 Å². The van der Waals surface area contributed by atoms with Gasteiger partial charge < -0.3 is 17.7 Å². The molecule has 0 aromatic rings. The average molecular weight is 431 g/mol. The van der Waals surface area contributed by atoms with Crippen LogP contribution in [0.1, 0.15) is 87.0 Å². The second-order valence-electron chi connectivity index (χ2n) is 7.18. The van der Waals surface area contributed by atoms with Gasteiger partial charge in [-0.15, -0.1) is 0 Å². The van der Waals surface area contributed by atoms with Crippen LogP contribution in [0.2, 0.25) is 5.16 Å². The third-order valence-electron chi connectivity index (χ3n) is 4.51. The summed E-state index contributed by atoms with van der Waals surface area (Å²) in [5.74, 6) is 0. The monoisotopic (exact) mass is 430 g/mol. The van der Waals surface area contributed by atoms with E-state index in [9.17, 15) is 0 Å². The van der Waals surface area contributed by atoms with Gasteiger partial charge in [-0.1, -0.05) is 60.6 Å². The minimum Gasteiger partial charge on any atom is -0.391 e. The Morgan fingerprint density at radius 2 is 0.857 bits per heavy atom. The molecule has 0 amide bonds. The first kappa shape index (κ1) is 27.8. The SMILES string of the molecule is CCC=C[Si](OCCC)(OCCC)C(C)[Si](C=CCC)(OCCC)OCCC. The summed E-state index contributed by atoms with van der Waals surface area (Å²) in [6.07, 6.45) is 10.2. The van der Waals surface area contributed by atoms with E-state index in [4.69, 9.17) is 17.7 Å². The van der Waals surface area contributed by atoms with Crippen molar-refractivity contribution in [3.05, 3.63) is 23.6 Å². The van der Waals surface area contributed by atoms with Gasteiger partial charge in [-0.05, 0) is 49.9 Å². The first-order valence-corrected chi connectivity index (χ1v) is 15.4. The van der Waals surface area contributed by atoms with E-state index in [1.54, 1.807) is 0 Å². The van der Waals surface area contributed by atoms with Crippen molar-refractivity contribution in [2.24, 2.45) is 0 Å². The molecule has 0 saturated carbocycles. The van der Waals surface area contributed by atoms with Gasteiger partial charge in [0, 0.05) is 26.4 Å². The van der Waals surface area contributed by atoms with Crippen LogP contribution in [0.5, 0.6) is 0 Å². The minimum absolute atomic E-state index is 0.0989. The zero-order chi connectivity index (χ0) is 21.3. The highest BCUT2D eigenvalue weighted by atomic mass is 28.4. The fraction of sp³-hybridized carbons (Fsp3) is 0.818. The molecule has 0 N–H and O–H groups in total. The van der Waals surface area contributed by atoms with E-state index in [1.807, 2.05) is 0 Å². The molecule has 0 aromatic heterocycles. The van der Waals surface area contributed by atoms with Crippen molar-refractivity contribution >= 4 is 17.1 Å². The van der Waals surface area contributed by atoms with Gasteiger partial charge in [0.05, 0.1) is 5.16 Å². The molecule has 166 valence electrons. The van der Waals surface area contributed by atoms with Crippen LogP contribution in [0, 0.1) is 0 Å². The minimum atomic E-state index is -2.67. The Balaban J connectivity index is 6.23. The second-order valence-corrected chi connectivity index (χ2v) is 14.2. The largest absolute Gasteiger partial charge is 0.391 e. The highest BCUT2D eigenvalue weighted by Gasteiger charge is 2.56. The predicted molar refractivity (Wildman–Crippen MR) is 125 cm³/mol. The molecule has 0 rings (SSSR count). The van der Waals surface area contributed by atoms with Gasteiger partial charge in [0.2, 0.25) is 0 Å². The van der Waals surface area contributed by atoms with Crippen LogP contribution in [0.3, 0.4) is 0 Å². The molecule has 0 spiro atoms. The van der Waals surface area contributed by atoms with Gasteiger partial charge in [0.1, 0.15) is 0 Å². The topological polar surface area (TPSA) is 36.9 Å². The predicted octanol–water partition coefficient (Wildman–Crippen LogP) is 6.52. The van der Waals surface area contributed by atoms with E-state index in [-0.39, 0.29) is 5.16 Å². The number of hydrogen-bond acceptors (Lipinski definition) is 4. The lowest BCUT2D eigenvalue weighted by molar-refractivity contribution is 0.148. The molecule has 0 radical (unpaired) electrons. The van der Waals surface area contributed by atoms with Crippen LogP contribution in [0.4, 0.5) is 0 Å². The van der Waals surface area contributed by atoms with Gasteiger partial charge in [-0.3, -0.25) is 0 Å². The van der Waals surface area contributed by atoms with Crippen LogP contribution in [0.15, 0.2) is 23.6 Å². The zero-order valence-electron chi connectivity index (χ0n) is 19.6. The van der Waals surface area contributed by atoms with Crippen molar-refractivity contribution in [2.75, 3.05) is 26.4 Å². The van der Waals surface area contributed by atoms with E-state index >= 15 is 0 Å². The standard InChI is InChI=1S/C22H46O4Si2/c1-8-14-20-27(23-16-10-3,24-17-11-4)22(7)28(21-15-9-2,25-18-12-5)26-19-13-6/h14-15,20-22H,8-13,16-19H2,1-7H3. The van der Waals surface area contributed by atoms with Gasteiger partial charge in [0.15, 0.2) is 0 Å². The lowest BCUT2D eigenvalue weighted by atomic mass is 10.5. The van der Waals surface area contributed by atoms with Crippen molar-refractivity contribution in [2.45, 2.75) is 92.2 Å². The molecule has 0 atom stereocenters. The Hall–Kier alpha value is -0.246. The van der Waals surface area contributed by atoms with Gasteiger partial charge in [-0.2, -0.15) is 0 Å². The molecule has 28 heavy (non-hydrogen) atoms. The third kappa shape index (κ3) is 9.05. The summed E-state index contributed by atoms with van der Waals surface area (Å²) in [6.45, 7) is 18.0. The smallest absolute Gasteiger partial charge is 0.369 e. The van der Waals surface area contributed by atoms with Crippen LogP contribution in [0.25, 0.3) is 0 Å². The molecule has 0 unspecified atom stereocenters. The second kappa shape index (κ2) is 16.5. The van der Waals surface area contributed by atoms with Crippen molar-refractivity contribution in [1.29, 1.82) is 0 Å². The maximum absolute atomic E-state index is 6.56. The summed E-state index contributed by atoms with van der Waals surface area (Å²) in [5, 5.41) is 0.0989. The molecule has 0 aliphatic heterocycles. The van der Waals surface area contributed by atoms with E-state index in [2.05, 4.69) is 72.0 Å². The van der Waals surface area contributed by atoms with E-state index < -0.39 is 17.1 Å². The summed E-state index contributed by atoms with van der Waals surface area (Å²) >= 11 is 0. The van der Waals surface area contributed by atoms with Crippen LogP contribution in [-0.4, -0.2) is 43.5 Å². The molecular weight excluding hydrogens is 384 g/mol. The van der Waals surface area contributed by atoms with E-state index in [1.165, 1.54) is 0 Å². The third-order valence-corrected chi connectivity index (χ3v) is 13.4. The normalized spacial score (nSPS) is 14.4. The number of allylic oxidation sites excluding steroid dienone is 2. The first-order valence-electron chi connectivity index (χ1n) is 11.4. The molecule has 0 aliphatic carbocycles. The maximum atomic E-state index is 6.56. The Morgan fingerprint density at radius 1 is 0.571 bits per heavy atom. The van der Waals surface area contributed by atoms with Crippen LogP contribution in [-0.2, 0) is 17.7 Å². The Kier molecular flexibility index (Phi) is 16.4. The molecule has 0 saturated heterocycles. The first-order chi connectivity index (χ1) is 13.5. The molecule has 0 heterocycles. The fourth-order valence-corrected chi connectivity index (χ4v) is 12.1. The van der Waals surface area contributed by atoms with E-state index in [0.29, 0.717) is 26.4 Å². The van der Waals surface area contributed by atoms with Gasteiger partial charge >= 0.3 is 17.1 Å². The molecule has 0 fully saturated rings. The van der Waals surface area contributed by atoms with Crippen LogP contribution >= 0.6 is 0 Å². The Bertz CT molecular complexity index is 373. The van der Waals surface area contributed by atoms with Crippen molar-refractivity contribution in [1.82, 2.24) is 0 Å². The molecule has 0 aliphatic rings. The quantitative estimate of drug-likeness (QED) is 0.232. The fourth-order valence-electron chi connectivity index (χ4n) is 2.96. The average Bonchev–Trinajstić information content (AvgIpc) is 2.73. The highest BCUT2D eigenvalue weighted by molar-refractivity contribution is 6.92. The Morgan fingerprint density at radius 3 is 1.07 bits per heavy atom. The molecular formula is C22H46O4Si2. The number of hydrogen-bond donors (Lipinski definition) is 0. The summed E-state index contributed by atoms with van der Waals surface area (Å²) in [6, 6.07) is 0. The maximum Gasteiger partial charge on any atom is 0.369 e. The Labute approximate surface area is 177 Å². The molecule has 0 bridgehead atoms. The van der Waals surface area contributed by atoms with Crippen molar-refractivity contribution in [3.8, 4) is 0 Å². The summed E-state index contributed by atoms with van der Waals surface area (Å²) in [5.41, 5.74) is 4.49. The molecule has 6 heteroatoms. The van der Waals surface area contributed by atoms with Crippen molar-refractivity contribution in [3.63, 3.8) is 0 Å². The van der Waals surface area contributed by atoms with Gasteiger partial charge in [0.25, 0.3) is 0 Å². The zero-order valence-corrected chi connectivity index (χ0v) is 21.6. The summed E-state index contributed by atoms with van der Waals surface area (Å²) < 4.78 is 26.2. The lowest BCUT2D eigenvalue weighted by Gasteiger charge is -2.41. The number of rotatable bonds is 18. The lowest BCUT2D eigenvalue weighted by Crippen LogP contribution is -2.59. The van der Waals surface area contributed by atoms with Gasteiger partial charge in [-0.25, -0.2) is 0 Å². The summed E-state index contributed by atoms with van der Waals surface area (Å²) in [4.78, 5) is 0. The highest BCUT2D eigenvalue weighted by Crippen LogP contribution is 2.37. The molecule has 0 aromatic carbocycles. The summed E-state index contributed by atoms with van der Waals surface area (Å²) in [7, 11) is -5.33. The molecule has 4 nitrogen and oxygen atoms in total. The van der Waals surface area contributed by atoms with E-state index in [0.717, 1.165) is 38.5 Å². The van der Waals surface area contributed by atoms with Crippen LogP contribution < -0.4 is 0 Å².